The van der Waals surface area contributed by atoms with Gasteiger partial charge in [-0.15, -0.1) is 0 Å². The van der Waals surface area contributed by atoms with E-state index in [0.717, 1.165) is 0 Å². The van der Waals surface area contributed by atoms with Gasteiger partial charge in [-0.2, -0.15) is 4.98 Å². The van der Waals surface area contributed by atoms with Crippen LogP contribution in [0.2, 0.25) is 0 Å². The molecule has 32 heavy (non-hydrogen) atoms. The molecule has 6 atom stereocenters. The van der Waals surface area contributed by atoms with E-state index >= 15 is 0 Å². The van der Waals surface area contributed by atoms with Gasteiger partial charge >= 0.3 is 13.5 Å². The Morgan fingerprint density at radius 1 is 1.31 bits per heavy atom. The Bertz CT molecular complexity index is 966. The maximum Gasteiger partial charge on any atom is 0.534 e. The van der Waals surface area contributed by atoms with E-state index in [2.05, 4.69) is 18.3 Å². The fraction of sp³-hybridized carbons (Fsp3) is 0.714. The first-order valence-electron chi connectivity index (χ1n) is 9.06. The van der Waals surface area contributed by atoms with Crippen molar-refractivity contribution in [2.45, 2.75) is 24.5 Å². The number of anilines is 1. The number of phosphoric acid groups is 2. The van der Waals surface area contributed by atoms with Gasteiger partial charge in [-0.1, -0.05) is 0 Å². The maximum atomic E-state index is 12.2. The zero-order chi connectivity index (χ0) is 24.5. The van der Waals surface area contributed by atoms with Crippen LogP contribution >= 0.6 is 15.6 Å². The zero-order valence-corrected chi connectivity index (χ0v) is 19.2. The summed E-state index contributed by atoms with van der Waals surface area (Å²) in [6.45, 7) is -0.787. The molecular formula is C14H26N4O12P2. The molecule has 0 saturated carbocycles. The number of hydrogen-bond acceptors (Lipinski definition) is 13. The van der Waals surface area contributed by atoms with Crippen LogP contribution < -0.4 is 20.8 Å². The number of nitrogens with two attached hydrogens (primary N) is 1. The van der Waals surface area contributed by atoms with Gasteiger partial charge in [0.15, 0.2) is 17.8 Å². The first kappa shape index (κ1) is 26.8. The van der Waals surface area contributed by atoms with Crippen molar-refractivity contribution in [2.75, 3.05) is 46.6 Å². The SMILES string of the molecule is C[N+](C)(C)CCOP(=O)([O-])OP(=O)(O)Oc1cn(C2OC(CO)C(O)C2O)c(=O)nc1N. The highest BCUT2D eigenvalue weighted by Crippen LogP contribution is 2.58. The van der Waals surface area contributed by atoms with E-state index in [1.165, 1.54) is 0 Å². The lowest BCUT2D eigenvalue weighted by molar-refractivity contribution is -0.870. The van der Waals surface area contributed by atoms with Gasteiger partial charge in [-0.25, -0.2) is 13.7 Å². The van der Waals surface area contributed by atoms with Gasteiger partial charge in [0.05, 0.1) is 33.9 Å². The molecule has 2 heterocycles. The van der Waals surface area contributed by atoms with Crippen LogP contribution in [-0.4, -0.2) is 93.5 Å². The number of ether oxygens (including phenoxy) is 1. The third kappa shape index (κ3) is 7.04. The molecule has 0 aliphatic carbocycles. The molecule has 0 amide bonds. The Balaban J connectivity index is 2.20. The summed E-state index contributed by atoms with van der Waals surface area (Å²) in [4.78, 5) is 37.1. The van der Waals surface area contributed by atoms with E-state index in [0.29, 0.717) is 15.2 Å². The maximum absolute atomic E-state index is 12.2. The normalized spacial score (nSPS) is 27.6. The minimum atomic E-state index is -5.39. The predicted molar refractivity (Wildman–Crippen MR) is 104 cm³/mol. The molecule has 184 valence electrons. The fourth-order valence-electron chi connectivity index (χ4n) is 2.54. The Morgan fingerprint density at radius 2 is 1.94 bits per heavy atom. The van der Waals surface area contributed by atoms with Crippen molar-refractivity contribution in [3.8, 4) is 5.75 Å². The van der Waals surface area contributed by atoms with Crippen molar-refractivity contribution in [1.82, 2.24) is 9.55 Å². The molecule has 1 aromatic heterocycles. The van der Waals surface area contributed by atoms with Gasteiger partial charge < -0.3 is 44.2 Å². The molecule has 0 spiro atoms. The van der Waals surface area contributed by atoms with Crippen molar-refractivity contribution in [1.29, 1.82) is 0 Å². The Morgan fingerprint density at radius 3 is 2.47 bits per heavy atom. The van der Waals surface area contributed by atoms with Crippen molar-refractivity contribution in [3.63, 3.8) is 0 Å². The van der Waals surface area contributed by atoms with Gasteiger partial charge in [0.25, 0.3) is 7.82 Å². The number of aliphatic hydroxyl groups is 3. The molecule has 0 aromatic carbocycles. The lowest BCUT2D eigenvalue weighted by Gasteiger charge is -2.28. The molecule has 0 bridgehead atoms. The highest BCUT2D eigenvalue weighted by atomic mass is 31.3. The summed E-state index contributed by atoms with van der Waals surface area (Å²) >= 11 is 0. The molecule has 1 fully saturated rings. The van der Waals surface area contributed by atoms with Gasteiger partial charge in [0.2, 0.25) is 0 Å². The van der Waals surface area contributed by atoms with Crippen LogP contribution in [-0.2, 0) is 22.7 Å². The van der Waals surface area contributed by atoms with Gasteiger partial charge in [-0.05, 0) is 0 Å². The first-order chi connectivity index (χ1) is 14.6. The summed E-state index contributed by atoms with van der Waals surface area (Å²) < 4.78 is 43.4. The zero-order valence-electron chi connectivity index (χ0n) is 17.4. The van der Waals surface area contributed by atoms with Crippen LogP contribution in [0.3, 0.4) is 0 Å². The standard InChI is InChI=1S/C14H26N4O12P2/c1-18(2,3)4-5-27-31(23,24)30-32(25,26)29-8-6-17(14(22)16-12(8)15)13-11(21)10(20)9(7-19)28-13/h6,9-11,13,19-21H,4-5,7H2,1-3H3,(H3-,15,16,22,23,24,25,26). The summed E-state index contributed by atoms with van der Waals surface area (Å²) in [6, 6.07) is 0. The number of nitrogens with zero attached hydrogens (tertiary/aromatic N) is 3. The van der Waals surface area contributed by atoms with Crippen molar-refractivity contribution >= 4 is 21.5 Å². The Hall–Kier alpha value is -1.42. The molecule has 2 rings (SSSR count). The molecule has 6 unspecified atom stereocenters. The molecule has 1 aliphatic rings. The average Bonchev–Trinajstić information content (AvgIpc) is 2.89. The first-order valence-corrected chi connectivity index (χ1v) is 12.0. The van der Waals surface area contributed by atoms with E-state index in [-0.39, 0.29) is 13.2 Å². The quantitative estimate of drug-likeness (QED) is 0.159. The number of aromatic nitrogens is 2. The second-order valence-corrected chi connectivity index (χ2v) is 10.8. The Kier molecular flexibility index (Phi) is 8.24. The largest absolute Gasteiger partial charge is 0.756 e. The molecule has 1 aromatic rings. The van der Waals surface area contributed by atoms with Gasteiger partial charge in [0.1, 0.15) is 31.5 Å². The predicted octanol–water partition coefficient (Wildman–Crippen LogP) is -2.88. The summed E-state index contributed by atoms with van der Waals surface area (Å²) in [5.74, 6) is -1.47. The number of aliphatic hydroxyl groups excluding tert-OH is 3. The number of hydrogen-bond donors (Lipinski definition) is 5. The lowest BCUT2D eigenvalue weighted by atomic mass is 10.1. The van der Waals surface area contributed by atoms with E-state index in [1.807, 2.05) is 0 Å². The van der Waals surface area contributed by atoms with E-state index in [1.54, 1.807) is 21.1 Å². The fourth-order valence-corrected chi connectivity index (χ4v) is 4.57. The average molecular weight is 504 g/mol. The topological polar surface area (TPSA) is 236 Å². The Labute approximate surface area is 182 Å². The van der Waals surface area contributed by atoms with Crippen molar-refractivity contribution in [2.24, 2.45) is 0 Å². The number of phosphoric ester groups is 2. The van der Waals surface area contributed by atoms with E-state index < -0.39 is 64.0 Å². The number of likely N-dealkylation sites (N-methyl/N-ethyl adjacent to an activating group) is 1. The minimum absolute atomic E-state index is 0.235. The van der Waals surface area contributed by atoms with Crippen LogP contribution in [0, 0.1) is 0 Å². The highest BCUT2D eigenvalue weighted by molar-refractivity contribution is 7.60. The lowest BCUT2D eigenvalue weighted by Crippen LogP contribution is -2.37. The minimum Gasteiger partial charge on any atom is -0.756 e. The van der Waals surface area contributed by atoms with Crippen LogP contribution in [0.1, 0.15) is 6.23 Å². The second-order valence-electron chi connectivity index (χ2n) is 7.84. The number of rotatable bonds is 10. The molecule has 1 saturated heterocycles. The number of nitrogen functional groups attached to an aromatic ring is 1. The van der Waals surface area contributed by atoms with Crippen LogP contribution in [0.25, 0.3) is 0 Å². The summed E-state index contributed by atoms with van der Waals surface area (Å²) in [6.07, 6.45) is -5.33. The molecule has 18 heteroatoms. The number of quaternary nitrogens is 1. The molecule has 16 nitrogen and oxygen atoms in total. The molecule has 1 aliphatic heterocycles. The van der Waals surface area contributed by atoms with E-state index in [9.17, 15) is 33.9 Å². The summed E-state index contributed by atoms with van der Waals surface area (Å²) in [7, 11) is -5.38. The van der Waals surface area contributed by atoms with Crippen LogP contribution in [0.15, 0.2) is 11.0 Å². The van der Waals surface area contributed by atoms with Gasteiger partial charge in [0, 0.05) is 0 Å². The molecule has 0 radical (unpaired) electrons. The second kappa shape index (κ2) is 9.83. The third-order valence-corrected chi connectivity index (χ3v) is 6.72. The molecule has 6 N–H and O–H groups in total. The van der Waals surface area contributed by atoms with Gasteiger partial charge in [-0.3, -0.25) is 14.0 Å². The summed E-state index contributed by atoms with van der Waals surface area (Å²) in [5, 5.41) is 29.0. The summed E-state index contributed by atoms with van der Waals surface area (Å²) in [5.41, 5.74) is 4.39. The van der Waals surface area contributed by atoms with Crippen LogP contribution in [0.5, 0.6) is 5.75 Å². The van der Waals surface area contributed by atoms with Crippen molar-refractivity contribution in [3.05, 3.63) is 16.7 Å². The van der Waals surface area contributed by atoms with E-state index in [4.69, 9.17) is 15.6 Å². The smallest absolute Gasteiger partial charge is 0.534 e. The van der Waals surface area contributed by atoms with Crippen LogP contribution in [0.4, 0.5) is 5.82 Å². The molecular weight excluding hydrogens is 478 g/mol. The monoisotopic (exact) mass is 504 g/mol. The third-order valence-electron chi connectivity index (χ3n) is 4.17. The highest BCUT2D eigenvalue weighted by Gasteiger charge is 2.44. The van der Waals surface area contributed by atoms with Crippen molar-refractivity contribution < 1.29 is 56.8 Å².